The Balaban J connectivity index is 1.77. The minimum atomic E-state index is -0.475. The van der Waals surface area contributed by atoms with E-state index in [0.29, 0.717) is 28.2 Å². The maximum atomic E-state index is 12.2. The molecule has 0 fully saturated rings. The molecule has 2 aromatic heterocycles. The molecule has 3 rings (SSSR count). The summed E-state index contributed by atoms with van der Waals surface area (Å²) in [4.78, 5) is 12.2. The number of hydrogen-bond donors (Lipinski definition) is 1. The molecule has 0 aliphatic heterocycles. The zero-order chi connectivity index (χ0) is 17.3. The first-order valence-corrected chi connectivity index (χ1v) is 7.65. The number of aryl methyl sites for hydroxylation is 1. The Hall–Kier alpha value is -2.45. The summed E-state index contributed by atoms with van der Waals surface area (Å²) in [5, 5.41) is 18.7. The molecular weight excluding hydrogens is 355 g/mol. The van der Waals surface area contributed by atoms with Gasteiger partial charge in [0.05, 0.1) is 22.3 Å². The van der Waals surface area contributed by atoms with E-state index in [1.54, 1.807) is 30.7 Å². The van der Waals surface area contributed by atoms with Gasteiger partial charge in [-0.05, 0) is 24.6 Å². The van der Waals surface area contributed by atoms with Gasteiger partial charge in [0, 0.05) is 6.92 Å². The van der Waals surface area contributed by atoms with Crippen LogP contribution in [0.15, 0.2) is 22.6 Å². The van der Waals surface area contributed by atoms with E-state index >= 15 is 0 Å². The second-order valence-electron chi connectivity index (χ2n) is 5.01. The van der Waals surface area contributed by atoms with E-state index in [2.05, 4.69) is 25.8 Å². The molecule has 0 saturated heterocycles. The molecule has 0 bridgehead atoms. The van der Waals surface area contributed by atoms with E-state index in [9.17, 15) is 4.79 Å². The summed E-state index contributed by atoms with van der Waals surface area (Å²) in [7, 11) is 0. The van der Waals surface area contributed by atoms with Gasteiger partial charge in [-0.3, -0.25) is 10.1 Å². The lowest BCUT2D eigenvalue weighted by molar-refractivity contribution is 0.101. The smallest absolute Gasteiger partial charge is 0.322 e. The third-order valence-corrected chi connectivity index (χ3v) is 4.00. The molecule has 24 heavy (non-hydrogen) atoms. The van der Waals surface area contributed by atoms with Crippen molar-refractivity contribution in [3.05, 3.63) is 51.1 Å². The van der Waals surface area contributed by atoms with Crippen LogP contribution in [0.5, 0.6) is 0 Å². The van der Waals surface area contributed by atoms with Crippen LogP contribution in [-0.4, -0.2) is 31.1 Å². The standard InChI is InChI=1S/C14H12Cl2N6O2/c1-7-12(13(23)17-14-20-18-8(2)24-14)19-21-22(7)6-9-3-4-10(15)11(16)5-9/h3-5H,6H2,1-2H3,(H,17,20,23). The maximum absolute atomic E-state index is 12.2. The van der Waals surface area contributed by atoms with Gasteiger partial charge in [0.2, 0.25) is 5.89 Å². The molecule has 0 unspecified atom stereocenters. The number of anilines is 1. The summed E-state index contributed by atoms with van der Waals surface area (Å²) < 4.78 is 6.70. The van der Waals surface area contributed by atoms with Crippen molar-refractivity contribution < 1.29 is 9.21 Å². The van der Waals surface area contributed by atoms with Gasteiger partial charge in [0.25, 0.3) is 5.91 Å². The van der Waals surface area contributed by atoms with Crippen molar-refractivity contribution in [2.24, 2.45) is 0 Å². The number of benzene rings is 1. The lowest BCUT2D eigenvalue weighted by atomic mass is 10.2. The minimum Gasteiger partial charge on any atom is -0.408 e. The van der Waals surface area contributed by atoms with Gasteiger partial charge in [-0.1, -0.05) is 39.6 Å². The van der Waals surface area contributed by atoms with Gasteiger partial charge in [0.1, 0.15) is 0 Å². The topological polar surface area (TPSA) is 98.7 Å². The van der Waals surface area contributed by atoms with Crippen LogP contribution in [0.3, 0.4) is 0 Å². The predicted molar refractivity (Wildman–Crippen MR) is 87.3 cm³/mol. The number of aromatic nitrogens is 5. The quantitative estimate of drug-likeness (QED) is 0.761. The molecule has 124 valence electrons. The van der Waals surface area contributed by atoms with Crippen molar-refractivity contribution in [3.63, 3.8) is 0 Å². The summed E-state index contributed by atoms with van der Waals surface area (Å²) in [5.41, 5.74) is 1.65. The monoisotopic (exact) mass is 366 g/mol. The molecule has 1 aromatic carbocycles. The number of halogens is 2. The Morgan fingerprint density at radius 3 is 2.67 bits per heavy atom. The summed E-state index contributed by atoms with van der Waals surface area (Å²) >= 11 is 11.9. The molecule has 8 nitrogen and oxygen atoms in total. The first-order chi connectivity index (χ1) is 11.4. The molecule has 0 atom stereocenters. The molecule has 1 amide bonds. The van der Waals surface area contributed by atoms with Crippen molar-refractivity contribution >= 4 is 35.1 Å². The average molecular weight is 367 g/mol. The van der Waals surface area contributed by atoms with Crippen LogP contribution in [0, 0.1) is 13.8 Å². The largest absolute Gasteiger partial charge is 0.408 e. The van der Waals surface area contributed by atoms with Crippen LogP contribution in [-0.2, 0) is 6.54 Å². The summed E-state index contributed by atoms with van der Waals surface area (Å²) in [6.45, 7) is 3.77. The Morgan fingerprint density at radius 1 is 1.21 bits per heavy atom. The van der Waals surface area contributed by atoms with E-state index in [1.165, 1.54) is 0 Å². The second-order valence-corrected chi connectivity index (χ2v) is 5.82. The fourth-order valence-electron chi connectivity index (χ4n) is 2.03. The number of amides is 1. The number of nitrogens with zero attached hydrogens (tertiary/aromatic N) is 5. The molecule has 3 aromatic rings. The Bertz CT molecular complexity index is 905. The highest BCUT2D eigenvalue weighted by Crippen LogP contribution is 2.23. The van der Waals surface area contributed by atoms with Crippen LogP contribution in [0.1, 0.15) is 27.6 Å². The van der Waals surface area contributed by atoms with Crippen LogP contribution in [0.2, 0.25) is 10.0 Å². The fourth-order valence-corrected chi connectivity index (χ4v) is 2.36. The third-order valence-electron chi connectivity index (χ3n) is 3.26. The number of carbonyl (C=O) groups excluding carboxylic acids is 1. The highest BCUT2D eigenvalue weighted by atomic mass is 35.5. The van der Waals surface area contributed by atoms with Gasteiger partial charge in [-0.25, -0.2) is 4.68 Å². The van der Waals surface area contributed by atoms with Crippen LogP contribution in [0.25, 0.3) is 0 Å². The van der Waals surface area contributed by atoms with E-state index in [4.69, 9.17) is 27.6 Å². The van der Waals surface area contributed by atoms with E-state index < -0.39 is 5.91 Å². The first kappa shape index (κ1) is 16.4. The third kappa shape index (κ3) is 3.39. The molecule has 0 spiro atoms. The van der Waals surface area contributed by atoms with Crippen molar-refractivity contribution in [1.82, 2.24) is 25.2 Å². The molecule has 0 aliphatic carbocycles. The van der Waals surface area contributed by atoms with E-state index in [1.807, 2.05) is 6.07 Å². The van der Waals surface area contributed by atoms with Gasteiger partial charge in [-0.2, -0.15) is 0 Å². The molecule has 10 heteroatoms. The highest BCUT2D eigenvalue weighted by molar-refractivity contribution is 6.42. The molecular formula is C14H12Cl2N6O2. The Kier molecular flexibility index (Phi) is 4.50. The second kappa shape index (κ2) is 6.58. The minimum absolute atomic E-state index is 0.0101. The SMILES string of the molecule is Cc1nnc(NC(=O)c2nnn(Cc3ccc(Cl)c(Cl)c3)c2C)o1. The van der Waals surface area contributed by atoms with Crippen molar-refractivity contribution in [2.75, 3.05) is 5.32 Å². The maximum Gasteiger partial charge on any atom is 0.322 e. The Labute approximate surface area is 146 Å². The number of rotatable bonds is 4. The van der Waals surface area contributed by atoms with Crippen LogP contribution < -0.4 is 5.32 Å². The van der Waals surface area contributed by atoms with Gasteiger partial charge in [0.15, 0.2) is 5.69 Å². The summed E-state index contributed by atoms with van der Waals surface area (Å²) in [6, 6.07) is 5.29. The summed E-state index contributed by atoms with van der Waals surface area (Å²) in [6.07, 6.45) is 0. The van der Waals surface area contributed by atoms with E-state index in [-0.39, 0.29) is 11.7 Å². The summed E-state index contributed by atoms with van der Waals surface area (Å²) in [5.74, 6) is -0.123. The number of carbonyl (C=O) groups is 1. The van der Waals surface area contributed by atoms with Crippen molar-refractivity contribution in [1.29, 1.82) is 0 Å². The molecule has 0 saturated carbocycles. The van der Waals surface area contributed by atoms with Crippen molar-refractivity contribution in [3.8, 4) is 0 Å². The highest BCUT2D eigenvalue weighted by Gasteiger charge is 2.18. The average Bonchev–Trinajstić information content (AvgIpc) is 3.10. The fraction of sp³-hybridized carbons (Fsp3) is 0.214. The van der Waals surface area contributed by atoms with E-state index in [0.717, 1.165) is 5.56 Å². The zero-order valence-corrected chi connectivity index (χ0v) is 14.3. The van der Waals surface area contributed by atoms with Crippen LogP contribution in [0.4, 0.5) is 6.01 Å². The lowest BCUT2D eigenvalue weighted by Crippen LogP contribution is -2.14. The first-order valence-electron chi connectivity index (χ1n) is 6.89. The number of hydrogen-bond acceptors (Lipinski definition) is 6. The number of nitrogens with one attached hydrogen (secondary N) is 1. The molecule has 0 aliphatic rings. The molecule has 1 N–H and O–H groups in total. The normalized spacial score (nSPS) is 10.8. The van der Waals surface area contributed by atoms with Gasteiger partial charge < -0.3 is 4.42 Å². The lowest BCUT2D eigenvalue weighted by Gasteiger charge is -2.05. The van der Waals surface area contributed by atoms with Gasteiger partial charge >= 0.3 is 6.01 Å². The molecule has 2 heterocycles. The Morgan fingerprint density at radius 2 is 2.00 bits per heavy atom. The molecule has 0 radical (unpaired) electrons. The predicted octanol–water partition coefficient (Wildman–Crippen LogP) is 2.89. The van der Waals surface area contributed by atoms with Crippen molar-refractivity contribution in [2.45, 2.75) is 20.4 Å². The van der Waals surface area contributed by atoms with Crippen LogP contribution >= 0.6 is 23.2 Å². The van der Waals surface area contributed by atoms with Gasteiger partial charge in [-0.15, -0.1) is 10.2 Å². The zero-order valence-electron chi connectivity index (χ0n) is 12.7.